The predicted molar refractivity (Wildman–Crippen MR) is 89.2 cm³/mol. The van der Waals surface area contributed by atoms with E-state index in [1.807, 2.05) is 6.07 Å². The second kappa shape index (κ2) is 8.65. The van der Waals surface area contributed by atoms with Gasteiger partial charge < -0.3 is 15.2 Å². The molecular weight excluding hydrogens is 312 g/mol. The molecule has 7 nitrogen and oxygen atoms in total. The number of amides is 2. The molecule has 0 saturated heterocycles. The van der Waals surface area contributed by atoms with Crippen molar-refractivity contribution in [1.82, 2.24) is 10.4 Å². The Balaban J connectivity index is 2.87. The number of hydroxylamine groups is 2. The molecule has 134 valence electrons. The van der Waals surface area contributed by atoms with Gasteiger partial charge in [-0.2, -0.15) is 0 Å². The third-order valence-electron chi connectivity index (χ3n) is 3.31. The molecule has 2 amide bonds. The fourth-order valence-corrected chi connectivity index (χ4v) is 2.07. The monoisotopic (exact) mass is 338 g/mol. The van der Waals surface area contributed by atoms with Gasteiger partial charge in [0.05, 0.1) is 7.11 Å². The van der Waals surface area contributed by atoms with Crippen LogP contribution in [0.25, 0.3) is 0 Å². The van der Waals surface area contributed by atoms with E-state index >= 15 is 0 Å². The Kier molecular flexibility index (Phi) is 7.18. The summed E-state index contributed by atoms with van der Waals surface area (Å²) in [6.07, 6.45) is -1.98. The summed E-state index contributed by atoms with van der Waals surface area (Å²) in [4.78, 5) is 28.8. The van der Waals surface area contributed by atoms with E-state index in [2.05, 4.69) is 5.32 Å². The van der Waals surface area contributed by atoms with Gasteiger partial charge in [-0.05, 0) is 26.3 Å². The quantitative estimate of drug-likeness (QED) is 0.771. The number of benzene rings is 1. The van der Waals surface area contributed by atoms with Gasteiger partial charge in [0.25, 0.3) is 5.91 Å². The second-order valence-electron chi connectivity index (χ2n) is 6.36. The smallest absolute Gasteiger partial charge is 0.407 e. The largest absolute Gasteiger partial charge is 0.444 e. The lowest BCUT2D eigenvalue weighted by atomic mass is 9.92. The number of carbonyl (C=O) groups is 2. The standard InChI is InChI=1S/C17H26N2O5/c1-17(2,3)24-16(22)18-11-13(12-9-7-6-8-10-12)14(20)15(21)19(4)23-5/h6-10,13-14,20H,11H2,1-5H3,(H,18,22). The minimum absolute atomic E-state index is 0.0450. The summed E-state index contributed by atoms with van der Waals surface area (Å²) < 4.78 is 5.18. The van der Waals surface area contributed by atoms with Crippen molar-refractivity contribution in [2.75, 3.05) is 20.7 Å². The van der Waals surface area contributed by atoms with Crippen LogP contribution < -0.4 is 5.32 Å². The molecule has 0 aliphatic carbocycles. The van der Waals surface area contributed by atoms with E-state index in [-0.39, 0.29) is 6.54 Å². The van der Waals surface area contributed by atoms with Crippen LogP contribution in [0.2, 0.25) is 0 Å². The van der Waals surface area contributed by atoms with Crippen molar-refractivity contribution in [3.05, 3.63) is 35.9 Å². The lowest BCUT2D eigenvalue weighted by Gasteiger charge is -2.26. The number of nitrogens with zero attached hydrogens (tertiary/aromatic N) is 1. The number of alkyl carbamates (subject to hydrolysis) is 1. The molecule has 0 aliphatic heterocycles. The summed E-state index contributed by atoms with van der Waals surface area (Å²) in [6, 6.07) is 8.99. The van der Waals surface area contributed by atoms with Crippen molar-refractivity contribution in [1.29, 1.82) is 0 Å². The van der Waals surface area contributed by atoms with Gasteiger partial charge in [0.2, 0.25) is 0 Å². The van der Waals surface area contributed by atoms with Crippen LogP contribution in [0.5, 0.6) is 0 Å². The Labute approximate surface area is 142 Å². The van der Waals surface area contributed by atoms with E-state index in [1.165, 1.54) is 14.2 Å². The van der Waals surface area contributed by atoms with Crippen LogP contribution in [0.3, 0.4) is 0 Å². The van der Waals surface area contributed by atoms with Gasteiger partial charge in [-0.15, -0.1) is 0 Å². The molecular formula is C17H26N2O5. The molecule has 1 aromatic rings. The van der Waals surface area contributed by atoms with Crippen LogP contribution in [0, 0.1) is 0 Å². The Morgan fingerprint density at radius 1 is 1.25 bits per heavy atom. The summed E-state index contributed by atoms with van der Waals surface area (Å²) in [7, 11) is 2.75. The lowest BCUT2D eigenvalue weighted by Crippen LogP contribution is -2.43. The zero-order chi connectivity index (χ0) is 18.3. The van der Waals surface area contributed by atoms with Gasteiger partial charge in [0.15, 0.2) is 0 Å². The fraction of sp³-hybridized carbons (Fsp3) is 0.529. The highest BCUT2D eigenvalue weighted by Crippen LogP contribution is 2.21. The van der Waals surface area contributed by atoms with Crippen molar-refractivity contribution in [3.8, 4) is 0 Å². The molecule has 0 spiro atoms. The van der Waals surface area contributed by atoms with Crippen LogP contribution in [0.4, 0.5) is 4.79 Å². The number of aliphatic hydroxyl groups excluding tert-OH is 1. The number of aliphatic hydroxyl groups is 1. The first kappa shape index (κ1) is 19.9. The third kappa shape index (κ3) is 6.17. The molecule has 7 heteroatoms. The van der Waals surface area contributed by atoms with Crippen LogP contribution >= 0.6 is 0 Å². The number of rotatable bonds is 6. The maximum absolute atomic E-state index is 12.2. The number of nitrogens with one attached hydrogen (secondary N) is 1. The minimum atomic E-state index is -1.37. The number of ether oxygens (including phenoxy) is 1. The highest BCUT2D eigenvalue weighted by molar-refractivity contribution is 5.80. The van der Waals surface area contributed by atoms with Crippen molar-refractivity contribution in [2.45, 2.75) is 38.4 Å². The Hall–Kier alpha value is -2.12. The molecule has 1 aromatic carbocycles. The van der Waals surface area contributed by atoms with Gasteiger partial charge in [-0.25, -0.2) is 9.86 Å². The van der Waals surface area contributed by atoms with Crippen LogP contribution in [-0.4, -0.2) is 54.6 Å². The average molecular weight is 338 g/mol. The second-order valence-corrected chi connectivity index (χ2v) is 6.36. The molecule has 0 heterocycles. The Morgan fingerprint density at radius 2 is 1.83 bits per heavy atom. The Morgan fingerprint density at radius 3 is 2.33 bits per heavy atom. The van der Waals surface area contributed by atoms with Crippen LogP contribution in [0.1, 0.15) is 32.3 Å². The highest BCUT2D eigenvalue weighted by atomic mass is 16.7. The molecule has 0 aromatic heterocycles. The predicted octanol–water partition coefficient (Wildman–Crippen LogP) is 1.68. The van der Waals surface area contributed by atoms with Crippen LogP contribution in [-0.2, 0) is 14.4 Å². The molecule has 2 N–H and O–H groups in total. The number of hydrogen-bond donors (Lipinski definition) is 2. The van der Waals surface area contributed by atoms with E-state index in [0.29, 0.717) is 0 Å². The van der Waals surface area contributed by atoms with Crippen molar-refractivity contribution in [3.63, 3.8) is 0 Å². The van der Waals surface area contributed by atoms with Crippen molar-refractivity contribution < 1.29 is 24.3 Å². The maximum Gasteiger partial charge on any atom is 0.407 e. The van der Waals surface area contributed by atoms with Gasteiger partial charge in [-0.3, -0.25) is 9.63 Å². The van der Waals surface area contributed by atoms with Gasteiger partial charge in [0.1, 0.15) is 11.7 Å². The van der Waals surface area contributed by atoms with E-state index in [0.717, 1.165) is 10.6 Å². The van der Waals surface area contributed by atoms with Gasteiger partial charge in [-0.1, -0.05) is 30.3 Å². The lowest BCUT2D eigenvalue weighted by molar-refractivity contribution is -0.179. The zero-order valence-corrected chi connectivity index (χ0v) is 14.8. The molecule has 1 rings (SSSR count). The molecule has 2 unspecified atom stereocenters. The van der Waals surface area contributed by atoms with Gasteiger partial charge >= 0.3 is 6.09 Å². The van der Waals surface area contributed by atoms with E-state index in [1.54, 1.807) is 45.0 Å². The summed E-state index contributed by atoms with van der Waals surface area (Å²) in [6.45, 7) is 5.32. The average Bonchev–Trinajstić information content (AvgIpc) is 2.52. The molecule has 0 radical (unpaired) electrons. The first-order valence-corrected chi connectivity index (χ1v) is 7.67. The summed E-state index contributed by atoms with van der Waals surface area (Å²) >= 11 is 0. The number of carbonyl (C=O) groups excluding carboxylic acids is 2. The van der Waals surface area contributed by atoms with Crippen molar-refractivity contribution in [2.24, 2.45) is 0 Å². The number of likely N-dealkylation sites (N-methyl/N-ethyl adjacent to an activating group) is 1. The normalized spacial score (nSPS) is 13.8. The molecule has 24 heavy (non-hydrogen) atoms. The van der Waals surface area contributed by atoms with E-state index < -0.39 is 29.6 Å². The Bertz CT molecular complexity index is 542. The van der Waals surface area contributed by atoms with Crippen molar-refractivity contribution >= 4 is 12.0 Å². The summed E-state index contributed by atoms with van der Waals surface area (Å²) in [5.41, 5.74) is 0.0933. The van der Waals surface area contributed by atoms with E-state index in [4.69, 9.17) is 9.57 Å². The summed E-state index contributed by atoms with van der Waals surface area (Å²) in [5, 5.41) is 14.0. The minimum Gasteiger partial charge on any atom is -0.444 e. The maximum atomic E-state index is 12.2. The first-order valence-electron chi connectivity index (χ1n) is 7.67. The molecule has 0 bridgehead atoms. The highest BCUT2D eigenvalue weighted by Gasteiger charge is 2.31. The summed E-state index contributed by atoms with van der Waals surface area (Å²) in [5.74, 6) is -1.24. The van der Waals surface area contributed by atoms with Crippen LogP contribution in [0.15, 0.2) is 30.3 Å². The molecule has 0 aliphatic rings. The third-order valence-corrected chi connectivity index (χ3v) is 3.31. The van der Waals surface area contributed by atoms with E-state index in [9.17, 15) is 14.7 Å². The topological polar surface area (TPSA) is 88.1 Å². The SMILES string of the molecule is CON(C)C(=O)C(O)C(CNC(=O)OC(C)(C)C)c1ccccc1. The molecule has 0 saturated carbocycles. The van der Waals surface area contributed by atoms with Gasteiger partial charge in [0, 0.05) is 19.5 Å². The molecule has 2 atom stereocenters. The molecule has 0 fully saturated rings. The fourth-order valence-electron chi connectivity index (χ4n) is 2.07. The number of hydrogen-bond acceptors (Lipinski definition) is 5. The first-order chi connectivity index (χ1) is 11.2. The zero-order valence-electron chi connectivity index (χ0n) is 14.8.